The molecular weight excluding hydrogens is 385 g/mol. The van der Waals surface area contributed by atoms with E-state index in [4.69, 9.17) is 18.8 Å². The predicted octanol–water partition coefficient (Wildman–Crippen LogP) is 3.90. The summed E-state index contributed by atoms with van der Waals surface area (Å²) in [5, 5.41) is 0.575. The van der Waals surface area contributed by atoms with Crippen molar-refractivity contribution in [2.24, 2.45) is 0 Å². The lowest BCUT2D eigenvalue weighted by Gasteiger charge is -2.32. The molecule has 0 bridgehead atoms. The first-order chi connectivity index (χ1) is 13.8. The maximum atomic E-state index is 13.2. The smallest absolute Gasteiger partial charge is 0.462 e. The number of carbonyl (C=O) groups excluding carboxylic acids is 2. The SMILES string of the molecule is CCOC(=O)c1cccc2c1cc(B1OC(C)(C)C(C)(C)O1)n2C(=O)OC(C)(C)C. The summed E-state index contributed by atoms with van der Waals surface area (Å²) in [6, 6.07) is 6.89. The lowest BCUT2D eigenvalue weighted by Crippen LogP contribution is -2.43. The van der Waals surface area contributed by atoms with Crippen molar-refractivity contribution in [3.8, 4) is 0 Å². The lowest BCUT2D eigenvalue weighted by molar-refractivity contribution is 0.00578. The highest BCUT2D eigenvalue weighted by Gasteiger charge is 2.53. The first-order valence-corrected chi connectivity index (χ1v) is 10.2. The molecular formula is C22H30BNO6. The zero-order valence-electron chi connectivity index (χ0n) is 19.0. The normalized spacial score (nSPS) is 17.9. The molecule has 1 fully saturated rings. The summed E-state index contributed by atoms with van der Waals surface area (Å²) in [5.41, 5.74) is -0.503. The van der Waals surface area contributed by atoms with Crippen LogP contribution in [0.3, 0.4) is 0 Å². The molecule has 0 N–H and O–H groups in total. The Kier molecular flexibility index (Phi) is 5.54. The highest BCUT2D eigenvalue weighted by atomic mass is 16.7. The third kappa shape index (κ3) is 3.98. The first kappa shape index (κ1) is 22.4. The number of hydrogen-bond acceptors (Lipinski definition) is 6. The number of rotatable bonds is 3. The lowest BCUT2D eigenvalue weighted by atomic mass is 9.84. The first-order valence-electron chi connectivity index (χ1n) is 10.2. The molecule has 0 radical (unpaired) electrons. The summed E-state index contributed by atoms with van der Waals surface area (Å²) >= 11 is 0. The van der Waals surface area contributed by atoms with Crippen LogP contribution < -0.4 is 5.59 Å². The van der Waals surface area contributed by atoms with Crippen LogP contribution in [0.4, 0.5) is 4.79 Å². The quantitative estimate of drug-likeness (QED) is 0.559. The van der Waals surface area contributed by atoms with E-state index in [2.05, 4.69) is 0 Å². The van der Waals surface area contributed by atoms with Crippen LogP contribution in [0.5, 0.6) is 0 Å². The van der Waals surface area contributed by atoms with Gasteiger partial charge in [-0.3, -0.25) is 4.57 Å². The van der Waals surface area contributed by atoms with Crippen molar-refractivity contribution in [2.75, 3.05) is 6.61 Å². The van der Waals surface area contributed by atoms with Crippen molar-refractivity contribution in [2.45, 2.75) is 72.2 Å². The van der Waals surface area contributed by atoms with E-state index in [0.717, 1.165) is 0 Å². The zero-order chi connectivity index (χ0) is 22.5. The molecule has 1 aliphatic rings. The summed E-state index contributed by atoms with van der Waals surface area (Å²) in [6.07, 6.45) is -0.566. The summed E-state index contributed by atoms with van der Waals surface area (Å²) in [4.78, 5) is 25.7. The molecule has 30 heavy (non-hydrogen) atoms. The molecule has 0 atom stereocenters. The zero-order valence-corrected chi connectivity index (χ0v) is 19.0. The third-order valence-corrected chi connectivity index (χ3v) is 5.44. The Hall–Kier alpha value is -2.32. The van der Waals surface area contributed by atoms with Gasteiger partial charge in [0.25, 0.3) is 0 Å². The molecule has 0 amide bonds. The topological polar surface area (TPSA) is 76.0 Å². The number of hydrogen-bond donors (Lipinski definition) is 0. The Morgan fingerprint density at radius 1 is 1.10 bits per heavy atom. The Morgan fingerprint density at radius 3 is 2.23 bits per heavy atom. The largest absolute Gasteiger partial charge is 0.513 e. The minimum Gasteiger partial charge on any atom is -0.462 e. The fourth-order valence-corrected chi connectivity index (χ4v) is 3.29. The van der Waals surface area contributed by atoms with Crippen molar-refractivity contribution in [3.05, 3.63) is 29.8 Å². The minimum absolute atomic E-state index is 0.256. The van der Waals surface area contributed by atoms with Crippen LogP contribution in [0, 0.1) is 0 Å². The third-order valence-electron chi connectivity index (χ3n) is 5.44. The monoisotopic (exact) mass is 415 g/mol. The van der Waals surface area contributed by atoms with Gasteiger partial charge in [-0.05, 0) is 73.6 Å². The molecule has 2 heterocycles. The summed E-state index contributed by atoms with van der Waals surface area (Å²) in [7, 11) is -0.801. The molecule has 1 saturated heterocycles. The highest BCUT2D eigenvalue weighted by molar-refractivity contribution is 6.62. The summed E-state index contributed by atoms with van der Waals surface area (Å²) < 4.78 is 24.6. The van der Waals surface area contributed by atoms with Gasteiger partial charge in [-0.25, -0.2) is 9.59 Å². The fraction of sp³-hybridized carbons (Fsp3) is 0.545. The van der Waals surface area contributed by atoms with Gasteiger partial charge in [0.2, 0.25) is 0 Å². The fourth-order valence-electron chi connectivity index (χ4n) is 3.29. The van der Waals surface area contributed by atoms with E-state index >= 15 is 0 Å². The van der Waals surface area contributed by atoms with Crippen molar-refractivity contribution in [1.82, 2.24) is 4.57 Å². The second kappa shape index (κ2) is 7.43. The second-order valence-corrected chi connectivity index (χ2v) is 9.43. The Labute approximate surface area is 177 Å². The van der Waals surface area contributed by atoms with Crippen LogP contribution in [0.15, 0.2) is 24.3 Å². The molecule has 162 valence electrons. The number of benzene rings is 1. The average molecular weight is 415 g/mol. The van der Waals surface area contributed by atoms with Gasteiger partial charge in [0.15, 0.2) is 0 Å². The average Bonchev–Trinajstić information content (AvgIpc) is 3.08. The molecule has 0 aliphatic carbocycles. The van der Waals surface area contributed by atoms with Gasteiger partial charge in [0, 0.05) is 5.39 Å². The molecule has 8 heteroatoms. The van der Waals surface area contributed by atoms with E-state index in [0.29, 0.717) is 22.1 Å². The van der Waals surface area contributed by atoms with Gasteiger partial charge < -0.3 is 18.8 Å². The molecule has 1 aromatic heterocycles. The second-order valence-electron chi connectivity index (χ2n) is 9.43. The van der Waals surface area contributed by atoms with Crippen LogP contribution in [0.2, 0.25) is 0 Å². The molecule has 1 aliphatic heterocycles. The van der Waals surface area contributed by atoms with Gasteiger partial charge in [-0.2, -0.15) is 0 Å². The molecule has 2 aromatic rings. The van der Waals surface area contributed by atoms with Gasteiger partial charge in [-0.15, -0.1) is 0 Å². The molecule has 7 nitrogen and oxygen atoms in total. The predicted molar refractivity (Wildman–Crippen MR) is 115 cm³/mol. The highest BCUT2D eigenvalue weighted by Crippen LogP contribution is 2.37. The Balaban J connectivity index is 2.20. The summed E-state index contributed by atoms with van der Waals surface area (Å²) in [5.74, 6) is -0.454. The number of fused-ring (bicyclic) bond motifs is 1. The number of esters is 1. The Morgan fingerprint density at radius 2 is 1.70 bits per heavy atom. The molecule has 3 rings (SSSR count). The summed E-state index contributed by atoms with van der Waals surface area (Å²) in [6.45, 7) is 15.2. The molecule has 0 spiro atoms. The number of ether oxygens (including phenoxy) is 2. The van der Waals surface area contributed by atoms with Gasteiger partial charge in [0.05, 0.1) is 34.5 Å². The number of aromatic nitrogens is 1. The van der Waals surface area contributed by atoms with Gasteiger partial charge in [-0.1, -0.05) is 6.07 Å². The van der Waals surface area contributed by atoms with E-state index in [1.807, 2.05) is 27.7 Å². The van der Waals surface area contributed by atoms with Crippen LogP contribution in [0.1, 0.15) is 65.7 Å². The van der Waals surface area contributed by atoms with Crippen LogP contribution >= 0.6 is 0 Å². The van der Waals surface area contributed by atoms with Crippen molar-refractivity contribution in [3.63, 3.8) is 0 Å². The standard InChI is InChI=1S/C22H30BNO6/c1-9-27-18(25)14-11-10-12-16-15(14)13-17(24(16)19(26)28-20(2,3)4)23-29-21(5,6)22(7,8)30-23/h10-13H,9H2,1-8H3. The van der Waals surface area contributed by atoms with Crippen LogP contribution in [0.25, 0.3) is 10.9 Å². The van der Waals surface area contributed by atoms with Crippen molar-refractivity contribution in [1.29, 1.82) is 0 Å². The minimum atomic E-state index is -0.801. The van der Waals surface area contributed by atoms with Crippen LogP contribution in [-0.2, 0) is 18.8 Å². The molecule has 0 unspecified atom stereocenters. The van der Waals surface area contributed by atoms with E-state index < -0.39 is 36.0 Å². The van der Waals surface area contributed by atoms with Crippen LogP contribution in [-0.4, -0.2) is 47.2 Å². The van der Waals surface area contributed by atoms with E-state index in [1.165, 1.54) is 4.57 Å². The maximum absolute atomic E-state index is 13.2. The van der Waals surface area contributed by atoms with E-state index in [-0.39, 0.29) is 6.61 Å². The Bertz CT molecular complexity index is 969. The molecule has 0 saturated carbocycles. The van der Waals surface area contributed by atoms with Crippen molar-refractivity contribution < 1.29 is 28.4 Å². The van der Waals surface area contributed by atoms with Gasteiger partial charge >= 0.3 is 19.2 Å². The van der Waals surface area contributed by atoms with Gasteiger partial charge in [0.1, 0.15) is 5.60 Å². The number of carbonyl (C=O) groups is 2. The maximum Gasteiger partial charge on any atom is 0.513 e. The van der Waals surface area contributed by atoms with E-state index in [9.17, 15) is 9.59 Å². The van der Waals surface area contributed by atoms with E-state index in [1.54, 1.807) is 52.0 Å². The van der Waals surface area contributed by atoms with Crippen molar-refractivity contribution >= 4 is 35.7 Å². The number of nitrogens with zero attached hydrogens (tertiary/aromatic N) is 1. The molecule has 1 aromatic carbocycles.